The van der Waals surface area contributed by atoms with Gasteiger partial charge in [-0.25, -0.2) is 0 Å². The van der Waals surface area contributed by atoms with E-state index >= 15 is 0 Å². The van der Waals surface area contributed by atoms with Crippen LogP contribution in [0.1, 0.15) is 39.2 Å². The zero-order valence-electron chi connectivity index (χ0n) is 11.0. The highest BCUT2D eigenvalue weighted by Gasteiger charge is 2.02. The van der Waals surface area contributed by atoms with E-state index in [1.54, 1.807) is 0 Å². The molecule has 17 heavy (non-hydrogen) atoms. The molecular weight excluding hydrogens is 212 g/mol. The molecule has 1 rings (SSSR count). The van der Waals surface area contributed by atoms with Crippen LogP contribution in [0.4, 0.5) is 0 Å². The molecular formula is C15H22O2. The van der Waals surface area contributed by atoms with Crippen molar-refractivity contribution in [3.63, 3.8) is 0 Å². The van der Waals surface area contributed by atoms with Gasteiger partial charge in [0.2, 0.25) is 0 Å². The van der Waals surface area contributed by atoms with E-state index in [1.807, 2.05) is 31.2 Å². The predicted octanol–water partition coefficient (Wildman–Crippen LogP) is 3.63. The summed E-state index contributed by atoms with van der Waals surface area (Å²) in [4.78, 5) is 11.3. The second kappa shape index (κ2) is 7.10. The van der Waals surface area contributed by atoms with Crippen molar-refractivity contribution in [2.75, 3.05) is 6.61 Å². The van der Waals surface area contributed by atoms with E-state index in [2.05, 4.69) is 13.8 Å². The van der Waals surface area contributed by atoms with E-state index in [0.29, 0.717) is 24.5 Å². The molecule has 0 bridgehead atoms. The van der Waals surface area contributed by atoms with Crippen molar-refractivity contribution in [3.8, 4) is 5.75 Å². The first-order valence-electron chi connectivity index (χ1n) is 6.35. The van der Waals surface area contributed by atoms with Crippen LogP contribution in [0, 0.1) is 5.92 Å². The number of carbonyl (C=O) groups is 1. The van der Waals surface area contributed by atoms with Crippen molar-refractivity contribution in [1.29, 1.82) is 0 Å². The summed E-state index contributed by atoms with van der Waals surface area (Å²) in [6.07, 6.45) is 2.07. The van der Waals surface area contributed by atoms with Gasteiger partial charge in [-0.1, -0.05) is 32.9 Å². The maximum atomic E-state index is 11.3. The molecule has 0 aliphatic heterocycles. The van der Waals surface area contributed by atoms with E-state index in [1.165, 1.54) is 5.56 Å². The van der Waals surface area contributed by atoms with Gasteiger partial charge in [0.05, 0.1) is 6.61 Å². The van der Waals surface area contributed by atoms with E-state index < -0.39 is 0 Å². The quantitative estimate of drug-likeness (QED) is 0.720. The summed E-state index contributed by atoms with van der Waals surface area (Å²) < 4.78 is 5.66. The molecule has 0 amide bonds. The second-order valence-corrected chi connectivity index (χ2v) is 4.74. The Kier molecular flexibility index (Phi) is 5.75. The van der Waals surface area contributed by atoms with Crippen LogP contribution in [0.3, 0.4) is 0 Å². The number of hydrogen-bond acceptors (Lipinski definition) is 2. The van der Waals surface area contributed by atoms with Crippen molar-refractivity contribution in [2.45, 2.75) is 40.0 Å². The molecule has 1 aromatic carbocycles. The smallest absolute Gasteiger partial charge is 0.132 e. The van der Waals surface area contributed by atoms with Gasteiger partial charge in [0, 0.05) is 12.8 Å². The van der Waals surface area contributed by atoms with Crippen LogP contribution in [0.15, 0.2) is 24.3 Å². The SMILES string of the molecule is CCC(=O)CCc1cccc(OCC(C)C)c1. The fourth-order valence-corrected chi connectivity index (χ4v) is 1.51. The Labute approximate surface area is 104 Å². The number of aryl methyl sites for hydroxylation is 1. The topological polar surface area (TPSA) is 26.3 Å². The molecule has 0 aromatic heterocycles. The maximum Gasteiger partial charge on any atom is 0.132 e. The molecule has 0 atom stereocenters. The average Bonchev–Trinajstić information content (AvgIpc) is 2.34. The summed E-state index contributed by atoms with van der Waals surface area (Å²) >= 11 is 0. The van der Waals surface area contributed by atoms with Crippen LogP contribution in [0.25, 0.3) is 0 Å². The lowest BCUT2D eigenvalue weighted by atomic mass is 10.1. The predicted molar refractivity (Wildman–Crippen MR) is 70.4 cm³/mol. The molecule has 0 saturated heterocycles. The molecule has 1 aromatic rings. The highest BCUT2D eigenvalue weighted by atomic mass is 16.5. The van der Waals surface area contributed by atoms with E-state index in [4.69, 9.17) is 4.74 Å². The average molecular weight is 234 g/mol. The zero-order valence-corrected chi connectivity index (χ0v) is 11.0. The Bertz CT molecular complexity index is 356. The van der Waals surface area contributed by atoms with Gasteiger partial charge in [-0.2, -0.15) is 0 Å². The third-order valence-electron chi connectivity index (χ3n) is 2.57. The van der Waals surface area contributed by atoms with Crippen molar-refractivity contribution in [1.82, 2.24) is 0 Å². The van der Waals surface area contributed by atoms with E-state index in [0.717, 1.165) is 18.8 Å². The Balaban J connectivity index is 2.50. The normalized spacial score (nSPS) is 10.6. The number of benzene rings is 1. The Hall–Kier alpha value is -1.31. The Morgan fingerprint density at radius 3 is 2.76 bits per heavy atom. The molecule has 2 heteroatoms. The third-order valence-corrected chi connectivity index (χ3v) is 2.57. The summed E-state index contributed by atoms with van der Waals surface area (Å²) in [5.41, 5.74) is 1.17. The lowest BCUT2D eigenvalue weighted by Crippen LogP contribution is -2.04. The van der Waals surface area contributed by atoms with E-state index in [9.17, 15) is 4.79 Å². The van der Waals surface area contributed by atoms with Gasteiger partial charge in [-0.15, -0.1) is 0 Å². The maximum absolute atomic E-state index is 11.3. The van der Waals surface area contributed by atoms with Crippen LogP contribution < -0.4 is 4.74 Å². The minimum atomic E-state index is 0.318. The van der Waals surface area contributed by atoms with Crippen LogP contribution >= 0.6 is 0 Å². The first-order chi connectivity index (χ1) is 8.11. The zero-order chi connectivity index (χ0) is 12.7. The van der Waals surface area contributed by atoms with Gasteiger partial charge in [0.1, 0.15) is 11.5 Å². The Morgan fingerprint density at radius 1 is 1.35 bits per heavy atom. The van der Waals surface area contributed by atoms with Gasteiger partial charge in [-0.05, 0) is 30.0 Å². The fraction of sp³-hybridized carbons (Fsp3) is 0.533. The molecule has 0 aliphatic rings. The largest absolute Gasteiger partial charge is 0.493 e. The molecule has 0 radical (unpaired) electrons. The van der Waals surface area contributed by atoms with Crippen molar-refractivity contribution in [2.24, 2.45) is 5.92 Å². The molecule has 0 N–H and O–H groups in total. The number of rotatable bonds is 7. The number of carbonyl (C=O) groups excluding carboxylic acids is 1. The molecule has 0 unspecified atom stereocenters. The number of Topliss-reactive ketones (excluding diaryl/α,β-unsaturated/α-hetero) is 1. The summed E-state index contributed by atoms with van der Waals surface area (Å²) in [5.74, 6) is 1.75. The van der Waals surface area contributed by atoms with Crippen LogP contribution in [-0.4, -0.2) is 12.4 Å². The third kappa shape index (κ3) is 5.53. The van der Waals surface area contributed by atoms with Crippen molar-refractivity contribution < 1.29 is 9.53 Å². The van der Waals surface area contributed by atoms with Gasteiger partial charge in [-0.3, -0.25) is 4.79 Å². The first-order valence-corrected chi connectivity index (χ1v) is 6.35. The monoisotopic (exact) mass is 234 g/mol. The molecule has 0 heterocycles. The highest BCUT2D eigenvalue weighted by molar-refractivity contribution is 5.78. The van der Waals surface area contributed by atoms with Crippen LogP contribution in [-0.2, 0) is 11.2 Å². The standard InChI is InChI=1S/C15H22O2/c1-4-14(16)9-8-13-6-5-7-15(10-13)17-11-12(2)3/h5-7,10,12H,4,8-9,11H2,1-3H3. The number of ether oxygens (including phenoxy) is 1. The molecule has 0 spiro atoms. The van der Waals surface area contributed by atoms with Crippen LogP contribution in [0.5, 0.6) is 5.75 Å². The van der Waals surface area contributed by atoms with Gasteiger partial charge in [0.25, 0.3) is 0 Å². The number of hydrogen-bond donors (Lipinski definition) is 0. The molecule has 0 saturated carbocycles. The van der Waals surface area contributed by atoms with Gasteiger partial charge in [0.15, 0.2) is 0 Å². The fourth-order valence-electron chi connectivity index (χ4n) is 1.51. The van der Waals surface area contributed by atoms with E-state index in [-0.39, 0.29) is 0 Å². The van der Waals surface area contributed by atoms with Crippen molar-refractivity contribution in [3.05, 3.63) is 29.8 Å². The highest BCUT2D eigenvalue weighted by Crippen LogP contribution is 2.15. The second-order valence-electron chi connectivity index (χ2n) is 4.74. The molecule has 94 valence electrons. The summed E-state index contributed by atoms with van der Waals surface area (Å²) in [5, 5.41) is 0. The molecule has 0 fully saturated rings. The van der Waals surface area contributed by atoms with Gasteiger partial charge >= 0.3 is 0 Å². The summed E-state index contributed by atoms with van der Waals surface area (Å²) in [6, 6.07) is 8.03. The first kappa shape index (κ1) is 13.8. The minimum Gasteiger partial charge on any atom is -0.493 e. The summed E-state index contributed by atoms with van der Waals surface area (Å²) in [6.45, 7) is 6.90. The summed E-state index contributed by atoms with van der Waals surface area (Å²) in [7, 11) is 0. The molecule has 0 aliphatic carbocycles. The van der Waals surface area contributed by atoms with Gasteiger partial charge < -0.3 is 4.74 Å². The van der Waals surface area contributed by atoms with Crippen LogP contribution in [0.2, 0.25) is 0 Å². The Morgan fingerprint density at radius 2 is 2.12 bits per heavy atom. The number of ketones is 1. The minimum absolute atomic E-state index is 0.318. The lowest BCUT2D eigenvalue weighted by molar-refractivity contribution is -0.118. The molecule has 2 nitrogen and oxygen atoms in total. The van der Waals surface area contributed by atoms with Crippen molar-refractivity contribution >= 4 is 5.78 Å². The lowest BCUT2D eigenvalue weighted by Gasteiger charge is -2.09.